The zero-order valence-electron chi connectivity index (χ0n) is 16.6. The number of rotatable bonds is 7. The number of fused-ring (bicyclic) bond motifs is 1. The summed E-state index contributed by atoms with van der Waals surface area (Å²) in [7, 11) is 4.04. The van der Waals surface area contributed by atoms with Crippen LogP contribution in [0.3, 0.4) is 0 Å². The molecule has 0 saturated heterocycles. The number of carbonyl (C=O) groups excluding carboxylic acids is 1. The lowest BCUT2D eigenvalue weighted by molar-refractivity contribution is -0.116. The van der Waals surface area contributed by atoms with E-state index in [1.807, 2.05) is 49.3 Å². The predicted molar refractivity (Wildman–Crippen MR) is 124 cm³/mol. The van der Waals surface area contributed by atoms with E-state index in [0.717, 1.165) is 27.7 Å². The number of carbonyl (C=O) groups is 1. The number of aromatic nitrogens is 1. The van der Waals surface area contributed by atoms with Crippen LogP contribution in [0.1, 0.15) is 11.1 Å². The maximum absolute atomic E-state index is 13.0. The summed E-state index contributed by atoms with van der Waals surface area (Å²) in [6.45, 7) is 5.61. The molecule has 0 aliphatic rings. The minimum absolute atomic E-state index is 0. The van der Waals surface area contributed by atoms with Crippen molar-refractivity contribution in [2.24, 2.45) is 0 Å². The van der Waals surface area contributed by atoms with E-state index in [0.29, 0.717) is 12.3 Å². The zero-order chi connectivity index (χ0) is 19.4. The second kappa shape index (κ2) is 10.3. The highest BCUT2D eigenvalue weighted by molar-refractivity contribution is 8.00. The number of thiazole rings is 1. The first-order chi connectivity index (χ1) is 13.0. The first kappa shape index (κ1) is 22.7. The van der Waals surface area contributed by atoms with E-state index in [4.69, 9.17) is 4.98 Å². The molecule has 3 rings (SSSR count). The van der Waals surface area contributed by atoms with Crippen LogP contribution in [-0.4, -0.2) is 48.7 Å². The van der Waals surface area contributed by atoms with Gasteiger partial charge in [-0.1, -0.05) is 41.7 Å². The quantitative estimate of drug-likeness (QED) is 0.488. The highest BCUT2D eigenvalue weighted by atomic mass is 35.5. The molecule has 0 aliphatic heterocycles. The zero-order valence-corrected chi connectivity index (χ0v) is 19.1. The van der Waals surface area contributed by atoms with Crippen LogP contribution in [0.4, 0.5) is 5.13 Å². The Labute approximate surface area is 181 Å². The third-order valence-electron chi connectivity index (χ3n) is 4.34. The van der Waals surface area contributed by atoms with Gasteiger partial charge in [0.25, 0.3) is 0 Å². The fourth-order valence-electron chi connectivity index (χ4n) is 2.73. The van der Waals surface area contributed by atoms with Crippen molar-refractivity contribution in [2.45, 2.75) is 18.7 Å². The molecule has 0 aliphatic carbocycles. The van der Waals surface area contributed by atoms with Crippen LogP contribution in [0.15, 0.2) is 47.4 Å². The molecule has 0 unspecified atom stereocenters. The van der Waals surface area contributed by atoms with Crippen molar-refractivity contribution in [1.82, 2.24) is 9.88 Å². The Morgan fingerprint density at radius 3 is 2.36 bits per heavy atom. The molecule has 28 heavy (non-hydrogen) atoms. The van der Waals surface area contributed by atoms with Crippen molar-refractivity contribution in [1.29, 1.82) is 0 Å². The molecule has 7 heteroatoms. The molecule has 4 nitrogen and oxygen atoms in total. The summed E-state index contributed by atoms with van der Waals surface area (Å²) in [6.07, 6.45) is 0. The Morgan fingerprint density at radius 2 is 1.71 bits per heavy atom. The highest BCUT2D eigenvalue weighted by Crippen LogP contribution is 2.33. The number of hydrogen-bond acceptors (Lipinski definition) is 5. The molecule has 0 N–H and O–H groups in total. The molecular formula is C21H26ClN3OS2. The molecular weight excluding hydrogens is 410 g/mol. The van der Waals surface area contributed by atoms with Gasteiger partial charge in [0.05, 0.1) is 16.0 Å². The van der Waals surface area contributed by atoms with Crippen LogP contribution >= 0.6 is 35.5 Å². The van der Waals surface area contributed by atoms with Gasteiger partial charge in [-0.15, -0.1) is 24.2 Å². The molecule has 0 radical (unpaired) electrons. The van der Waals surface area contributed by atoms with Crippen molar-refractivity contribution in [2.75, 3.05) is 37.8 Å². The Balaban J connectivity index is 0.00000280. The fraction of sp³-hybridized carbons (Fsp3) is 0.333. The highest BCUT2D eigenvalue weighted by Gasteiger charge is 2.21. The second-order valence-electron chi connectivity index (χ2n) is 6.82. The summed E-state index contributed by atoms with van der Waals surface area (Å²) < 4.78 is 1.17. The number of nitrogens with zero attached hydrogens (tertiary/aromatic N) is 3. The number of benzene rings is 2. The average Bonchev–Trinajstić information content (AvgIpc) is 3.10. The van der Waals surface area contributed by atoms with Gasteiger partial charge >= 0.3 is 0 Å². The van der Waals surface area contributed by atoms with E-state index in [-0.39, 0.29) is 18.3 Å². The summed E-state index contributed by atoms with van der Waals surface area (Å²) >= 11 is 3.19. The molecule has 0 atom stereocenters. The third-order valence-corrected chi connectivity index (χ3v) is 6.55. The van der Waals surface area contributed by atoms with E-state index >= 15 is 0 Å². The Morgan fingerprint density at radius 1 is 1.04 bits per heavy atom. The summed E-state index contributed by atoms with van der Waals surface area (Å²) in [5.41, 5.74) is 3.36. The monoisotopic (exact) mass is 435 g/mol. The van der Waals surface area contributed by atoms with Gasteiger partial charge < -0.3 is 4.90 Å². The van der Waals surface area contributed by atoms with E-state index in [9.17, 15) is 4.79 Å². The minimum Gasteiger partial charge on any atom is -0.308 e. The number of likely N-dealkylation sites (N-methyl/N-ethyl adjacent to an activating group) is 1. The molecule has 150 valence electrons. The number of thioether (sulfide) groups is 1. The van der Waals surface area contributed by atoms with Gasteiger partial charge in [0.1, 0.15) is 0 Å². The standard InChI is InChI=1S/C21H25N3OS2.ClH/c1-15-10-11-16(2)20-19(15)22-21(27-20)24(13-12-23(3)4)18(25)14-26-17-8-6-5-7-9-17;/h5-11H,12-14H2,1-4H3;1H. The molecule has 0 bridgehead atoms. The number of aryl methyl sites for hydroxylation is 2. The molecule has 1 heterocycles. The van der Waals surface area contributed by atoms with Crippen molar-refractivity contribution < 1.29 is 4.79 Å². The van der Waals surface area contributed by atoms with Crippen LogP contribution in [-0.2, 0) is 4.79 Å². The summed E-state index contributed by atoms with van der Waals surface area (Å²) in [4.78, 5) is 22.9. The molecule has 1 amide bonds. The van der Waals surface area contributed by atoms with Crippen LogP contribution < -0.4 is 4.90 Å². The van der Waals surface area contributed by atoms with Crippen molar-refractivity contribution in [3.05, 3.63) is 53.6 Å². The molecule has 1 aromatic heterocycles. The van der Waals surface area contributed by atoms with Crippen molar-refractivity contribution >= 4 is 56.8 Å². The van der Waals surface area contributed by atoms with Crippen molar-refractivity contribution in [3.8, 4) is 0 Å². The van der Waals surface area contributed by atoms with E-state index in [2.05, 4.69) is 30.9 Å². The molecule has 0 fully saturated rings. The minimum atomic E-state index is 0. The SMILES string of the molecule is Cc1ccc(C)c2sc(N(CCN(C)C)C(=O)CSc3ccccc3)nc12.Cl. The van der Waals surface area contributed by atoms with Crippen LogP contribution in [0.5, 0.6) is 0 Å². The number of anilines is 1. The Kier molecular flexibility index (Phi) is 8.31. The summed E-state index contributed by atoms with van der Waals surface area (Å²) in [5, 5.41) is 0.794. The predicted octanol–water partition coefficient (Wildman–Crippen LogP) is 5.02. The first-order valence-electron chi connectivity index (χ1n) is 8.95. The Bertz CT molecular complexity index is 889. The maximum atomic E-state index is 13.0. The molecule has 3 aromatic rings. The normalized spacial score (nSPS) is 10.9. The van der Waals surface area contributed by atoms with Gasteiger partial charge in [0.2, 0.25) is 5.91 Å². The van der Waals surface area contributed by atoms with E-state index < -0.39 is 0 Å². The second-order valence-corrected chi connectivity index (χ2v) is 8.85. The van der Waals surface area contributed by atoms with E-state index in [1.165, 1.54) is 10.3 Å². The van der Waals surface area contributed by atoms with Crippen LogP contribution in [0.25, 0.3) is 10.2 Å². The fourth-order valence-corrected chi connectivity index (χ4v) is 4.68. The summed E-state index contributed by atoms with van der Waals surface area (Å²) in [5.74, 6) is 0.505. The first-order valence-corrected chi connectivity index (χ1v) is 10.8. The van der Waals surface area contributed by atoms with Crippen LogP contribution in [0, 0.1) is 13.8 Å². The lowest BCUT2D eigenvalue weighted by Gasteiger charge is -2.21. The van der Waals surface area contributed by atoms with Gasteiger partial charge in [-0.2, -0.15) is 0 Å². The smallest absolute Gasteiger partial charge is 0.239 e. The average molecular weight is 436 g/mol. The van der Waals surface area contributed by atoms with Gasteiger partial charge in [-0.25, -0.2) is 4.98 Å². The van der Waals surface area contributed by atoms with Gasteiger partial charge in [-0.05, 0) is 51.2 Å². The number of hydrogen-bond donors (Lipinski definition) is 0. The Hall–Kier alpha value is -1.60. The lowest BCUT2D eigenvalue weighted by atomic mass is 10.1. The van der Waals surface area contributed by atoms with Gasteiger partial charge in [0.15, 0.2) is 5.13 Å². The maximum Gasteiger partial charge on any atom is 0.239 e. The van der Waals surface area contributed by atoms with Gasteiger partial charge in [0, 0.05) is 18.0 Å². The van der Waals surface area contributed by atoms with E-state index in [1.54, 1.807) is 23.1 Å². The summed E-state index contributed by atoms with van der Waals surface area (Å²) in [6, 6.07) is 14.3. The molecule has 2 aromatic carbocycles. The topological polar surface area (TPSA) is 36.4 Å². The van der Waals surface area contributed by atoms with Crippen molar-refractivity contribution in [3.63, 3.8) is 0 Å². The lowest BCUT2D eigenvalue weighted by Crippen LogP contribution is -2.37. The molecule has 0 spiro atoms. The molecule has 0 saturated carbocycles. The van der Waals surface area contributed by atoms with Gasteiger partial charge in [-0.3, -0.25) is 9.69 Å². The third kappa shape index (κ3) is 5.47. The number of amides is 1. The number of halogens is 1. The largest absolute Gasteiger partial charge is 0.308 e. The van der Waals surface area contributed by atoms with Crippen LogP contribution in [0.2, 0.25) is 0 Å².